The molecule has 0 saturated carbocycles. The predicted octanol–water partition coefficient (Wildman–Crippen LogP) is 6.86. The first-order valence-electron chi connectivity index (χ1n) is 9.38. The number of nitrogens with one attached hydrogen (secondary N) is 1. The standard InChI is InChI=1S/C25H20BrClN2O/c1-16-9-17(2)11-19(10-16)13-20-4-3-18(14-24(20)26)12-21(15-28)25(30)29-23-7-5-22(27)6-8-23/h3-12,14H,13H2,1-2H3,(H,29,30)/b21-12+. The Bertz CT molecular complexity index is 1140. The minimum absolute atomic E-state index is 0.0268. The van der Waals surface area contributed by atoms with Crippen molar-refractivity contribution in [3.63, 3.8) is 0 Å². The summed E-state index contributed by atoms with van der Waals surface area (Å²) in [5.41, 5.74) is 6.25. The molecule has 0 spiro atoms. The monoisotopic (exact) mass is 478 g/mol. The molecule has 3 aromatic carbocycles. The van der Waals surface area contributed by atoms with E-state index in [9.17, 15) is 10.1 Å². The summed E-state index contributed by atoms with van der Waals surface area (Å²) < 4.78 is 0.936. The van der Waals surface area contributed by atoms with Crippen molar-refractivity contribution in [1.82, 2.24) is 0 Å². The highest BCUT2D eigenvalue weighted by Crippen LogP contribution is 2.24. The molecule has 1 amide bonds. The van der Waals surface area contributed by atoms with Crippen LogP contribution in [0.2, 0.25) is 5.02 Å². The molecule has 0 atom stereocenters. The van der Waals surface area contributed by atoms with Gasteiger partial charge >= 0.3 is 0 Å². The zero-order valence-corrected chi connectivity index (χ0v) is 19.0. The fourth-order valence-corrected chi connectivity index (χ4v) is 3.90. The van der Waals surface area contributed by atoms with E-state index < -0.39 is 5.91 Å². The zero-order valence-electron chi connectivity index (χ0n) is 16.7. The van der Waals surface area contributed by atoms with Crippen LogP contribution in [0.25, 0.3) is 6.08 Å². The van der Waals surface area contributed by atoms with Crippen LogP contribution < -0.4 is 5.32 Å². The largest absolute Gasteiger partial charge is 0.321 e. The average molecular weight is 480 g/mol. The molecular weight excluding hydrogens is 460 g/mol. The van der Waals surface area contributed by atoms with Gasteiger partial charge in [-0.1, -0.05) is 69.0 Å². The number of carbonyl (C=O) groups is 1. The molecule has 30 heavy (non-hydrogen) atoms. The molecule has 3 aromatic rings. The minimum Gasteiger partial charge on any atom is -0.321 e. The van der Waals surface area contributed by atoms with Crippen molar-refractivity contribution in [2.24, 2.45) is 0 Å². The summed E-state index contributed by atoms with van der Waals surface area (Å²) in [6.45, 7) is 4.19. The maximum Gasteiger partial charge on any atom is 0.266 e. The van der Waals surface area contributed by atoms with E-state index in [1.165, 1.54) is 16.7 Å². The summed E-state index contributed by atoms with van der Waals surface area (Å²) >= 11 is 9.48. The fourth-order valence-electron chi connectivity index (χ4n) is 3.23. The van der Waals surface area contributed by atoms with Crippen LogP contribution in [0.5, 0.6) is 0 Å². The lowest BCUT2D eigenvalue weighted by Gasteiger charge is -2.09. The Kier molecular flexibility index (Phi) is 7.10. The Labute approximate surface area is 190 Å². The molecule has 1 N–H and O–H groups in total. The lowest BCUT2D eigenvalue weighted by atomic mass is 9.99. The summed E-state index contributed by atoms with van der Waals surface area (Å²) in [5, 5.41) is 12.7. The Morgan fingerprint density at radius 1 is 1.07 bits per heavy atom. The molecule has 3 rings (SSSR count). The third-order valence-electron chi connectivity index (χ3n) is 4.53. The van der Waals surface area contributed by atoms with Crippen LogP contribution in [0, 0.1) is 25.2 Å². The highest BCUT2D eigenvalue weighted by molar-refractivity contribution is 9.10. The van der Waals surface area contributed by atoms with E-state index in [0.717, 1.165) is 22.0 Å². The van der Waals surface area contributed by atoms with E-state index >= 15 is 0 Å². The van der Waals surface area contributed by atoms with Crippen molar-refractivity contribution in [1.29, 1.82) is 5.26 Å². The Hall–Kier alpha value is -2.87. The number of aryl methyl sites for hydroxylation is 2. The third kappa shape index (κ3) is 5.82. The lowest BCUT2D eigenvalue weighted by Crippen LogP contribution is -2.13. The summed E-state index contributed by atoms with van der Waals surface area (Å²) in [7, 11) is 0. The SMILES string of the molecule is Cc1cc(C)cc(Cc2ccc(/C=C(\C#N)C(=O)Nc3ccc(Cl)cc3)cc2Br)c1. The molecule has 0 heterocycles. The Balaban J connectivity index is 1.78. The van der Waals surface area contributed by atoms with E-state index in [2.05, 4.69) is 53.3 Å². The highest BCUT2D eigenvalue weighted by atomic mass is 79.9. The van der Waals surface area contributed by atoms with Gasteiger partial charge in [-0.3, -0.25) is 4.79 Å². The van der Waals surface area contributed by atoms with Gasteiger partial charge in [0.25, 0.3) is 5.91 Å². The second-order valence-electron chi connectivity index (χ2n) is 7.15. The minimum atomic E-state index is -0.463. The van der Waals surface area contributed by atoms with Gasteiger partial charge < -0.3 is 5.32 Å². The zero-order chi connectivity index (χ0) is 21.7. The van der Waals surface area contributed by atoms with Crippen molar-refractivity contribution in [3.05, 3.63) is 104 Å². The van der Waals surface area contributed by atoms with E-state index in [1.54, 1.807) is 30.3 Å². The van der Waals surface area contributed by atoms with Gasteiger partial charge in [0.05, 0.1) is 0 Å². The molecule has 0 aromatic heterocycles. The van der Waals surface area contributed by atoms with Crippen LogP contribution in [0.1, 0.15) is 27.8 Å². The van der Waals surface area contributed by atoms with Gasteiger partial charge in [0.15, 0.2) is 0 Å². The number of benzene rings is 3. The second kappa shape index (κ2) is 9.75. The number of amides is 1. The quantitative estimate of drug-likeness (QED) is 0.321. The molecule has 150 valence electrons. The molecular formula is C25H20BrClN2O. The number of anilines is 1. The molecule has 0 bridgehead atoms. The van der Waals surface area contributed by atoms with Crippen LogP contribution in [-0.2, 0) is 11.2 Å². The van der Waals surface area contributed by atoms with Gasteiger partial charge in [-0.25, -0.2) is 0 Å². The van der Waals surface area contributed by atoms with Gasteiger partial charge in [0.2, 0.25) is 0 Å². The number of nitrogens with zero attached hydrogens (tertiary/aromatic N) is 1. The smallest absolute Gasteiger partial charge is 0.266 e. The first kappa shape index (κ1) is 21.8. The van der Waals surface area contributed by atoms with Gasteiger partial charge in [-0.2, -0.15) is 5.26 Å². The Morgan fingerprint density at radius 3 is 2.33 bits per heavy atom. The van der Waals surface area contributed by atoms with E-state index in [0.29, 0.717) is 10.7 Å². The fraction of sp³-hybridized carbons (Fsp3) is 0.120. The van der Waals surface area contributed by atoms with Gasteiger partial charge in [0.1, 0.15) is 11.6 Å². The van der Waals surface area contributed by atoms with Crippen molar-refractivity contribution in [3.8, 4) is 6.07 Å². The number of carbonyl (C=O) groups excluding carboxylic acids is 1. The van der Waals surface area contributed by atoms with Crippen molar-refractivity contribution < 1.29 is 4.79 Å². The molecule has 0 saturated heterocycles. The predicted molar refractivity (Wildman–Crippen MR) is 127 cm³/mol. The van der Waals surface area contributed by atoms with Crippen LogP contribution in [0.3, 0.4) is 0 Å². The third-order valence-corrected chi connectivity index (χ3v) is 5.52. The summed E-state index contributed by atoms with van der Waals surface area (Å²) in [5.74, 6) is -0.463. The van der Waals surface area contributed by atoms with Crippen LogP contribution in [0.15, 0.2) is 70.7 Å². The molecule has 3 nitrogen and oxygen atoms in total. The van der Waals surface area contributed by atoms with Gasteiger partial charge in [0, 0.05) is 15.2 Å². The van der Waals surface area contributed by atoms with E-state index in [4.69, 9.17) is 11.6 Å². The summed E-state index contributed by atoms with van der Waals surface area (Å²) in [4.78, 5) is 12.4. The lowest BCUT2D eigenvalue weighted by molar-refractivity contribution is -0.112. The van der Waals surface area contributed by atoms with Crippen molar-refractivity contribution in [2.75, 3.05) is 5.32 Å². The van der Waals surface area contributed by atoms with Crippen molar-refractivity contribution in [2.45, 2.75) is 20.3 Å². The average Bonchev–Trinajstić information content (AvgIpc) is 2.69. The molecule has 0 radical (unpaired) electrons. The maximum atomic E-state index is 12.4. The van der Waals surface area contributed by atoms with Gasteiger partial charge in [-0.15, -0.1) is 0 Å². The molecule has 5 heteroatoms. The summed E-state index contributed by atoms with van der Waals surface area (Å²) in [6, 6.07) is 21.1. The summed E-state index contributed by atoms with van der Waals surface area (Å²) in [6.07, 6.45) is 2.38. The molecule has 0 aliphatic carbocycles. The number of halogens is 2. The number of rotatable bonds is 5. The van der Waals surface area contributed by atoms with Crippen LogP contribution >= 0.6 is 27.5 Å². The van der Waals surface area contributed by atoms with Crippen molar-refractivity contribution >= 4 is 45.2 Å². The van der Waals surface area contributed by atoms with E-state index in [1.807, 2.05) is 24.3 Å². The normalized spacial score (nSPS) is 11.1. The first-order chi connectivity index (χ1) is 14.3. The Morgan fingerprint density at radius 2 is 1.73 bits per heavy atom. The molecule has 0 unspecified atom stereocenters. The van der Waals surface area contributed by atoms with Crippen LogP contribution in [0.4, 0.5) is 5.69 Å². The number of hydrogen-bond acceptors (Lipinski definition) is 2. The van der Waals surface area contributed by atoms with Gasteiger partial charge in [-0.05, 0) is 73.4 Å². The topological polar surface area (TPSA) is 52.9 Å². The van der Waals surface area contributed by atoms with Crippen LogP contribution in [-0.4, -0.2) is 5.91 Å². The molecule has 0 aliphatic rings. The maximum absolute atomic E-state index is 12.4. The molecule has 0 aliphatic heterocycles. The first-order valence-corrected chi connectivity index (χ1v) is 10.6. The highest BCUT2D eigenvalue weighted by Gasteiger charge is 2.11. The van der Waals surface area contributed by atoms with E-state index in [-0.39, 0.29) is 5.57 Å². The second-order valence-corrected chi connectivity index (χ2v) is 8.45. The number of nitriles is 1. The molecule has 0 fully saturated rings. The number of hydrogen-bond donors (Lipinski definition) is 1.